The molecule has 1 amide bonds. The molecule has 1 N–H and O–H groups in total. The van der Waals surface area contributed by atoms with Crippen LogP contribution >= 0.6 is 0 Å². The zero-order chi connectivity index (χ0) is 20.2. The van der Waals surface area contributed by atoms with Gasteiger partial charge in [0.1, 0.15) is 6.04 Å². The third kappa shape index (κ3) is 3.99. The summed E-state index contributed by atoms with van der Waals surface area (Å²) in [5.41, 5.74) is 2.10. The second kappa shape index (κ2) is 8.68. The van der Waals surface area contributed by atoms with Gasteiger partial charge in [-0.05, 0) is 25.3 Å². The van der Waals surface area contributed by atoms with Gasteiger partial charge in [-0.2, -0.15) is 4.98 Å². The Labute approximate surface area is 170 Å². The predicted molar refractivity (Wildman–Crippen MR) is 111 cm³/mol. The van der Waals surface area contributed by atoms with Gasteiger partial charge in [0.15, 0.2) is 0 Å². The molecule has 1 fully saturated rings. The van der Waals surface area contributed by atoms with Crippen LogP contribution in [-0.2, 0) is 6.54 Å². The molecule has 1 unspecified atom stereocenters. The van der Waals surface area contributed by atoms with Gasteiger partial charge in [0.2, 0.25) is 11.7 Å². The molecule has 1 atom stereocenters. The average Bonchev–Trinajstić information content (AvgIpc) is 3.45. The van der Waals surface area contributed by atoms with Gasteiger partial charge >= 0.3 is 6.09 Å². The van der Waals surface area contributed by atoms with Gasteiger partial charge in [-0.15, -0.1) is 0 Å². The van der Waals surface area contributed by atoms with Gasteiger partial charge in [0, 0.05) is 35.8 Å². The van der Waals surface area contributed by atoms with Crippen molar-refractivity contribution in [1.82, 2.24) is 19.6 Å². The zero-order valence-corrected chi connectivity index (χ0v) is 16.9. The predicted octanol–water partition coefficient (Wildman–Crippen LogP) is 5.48. The Morgan fingerprint density at radius 1 is 1.24 bits per heavy atom. The van der Waals surface area contributed by atoms with E-state index in [0.717, 1.165) is 35.9 Å². The summed E-state index contributed by atoms with van der Waals surface area (Å²) < 4.78 is 7.76. The molecule has 3 heterocycles. The molecule has 0 saturated carbocycles. The minimum atomic E-state index is -0.938. The number of carboxylic acid groups (broad SMARTS) is 1. The highest BCUT2D eigenvalue weighted by atomic mass is 16.5. The number of aromatic nitrogens is 3. The van der Waals surface area contributed by atoms with Crippen LogP contribution < -0.4 is 0 Å². The van der Waals surface area contributed by atoms with Gasteiger partial charge in [-0.25, -0.2) is 4.79 Å². The van der Waals surface area contributed by atoms with Crippen LogP contribution in [0, 0.1) is 0 Å². The van der Waals surface area contributed by atoms with Crippen molar-refractivity contribution in [2.45, 2.75) is 64.5 Å². The van der Waals surface area contributed by atoms with Crippen LogP contribution in [0.25, 0.3) is 22.3 Å². The van der Waals surface area contributed by atoms with Crippen LogP contribution in [0.3, 0.4) is 0 Å². The lowest BCUT2D eigenvalue weighted by Crippen LogP contribution is -2.28. The first kappa shape index (κ1) is 19.5. The van der Waals surface area contributed by atoms with Crippen LogP contribution in [-0.4, -0.2) is 37.4 Å². The third-order valence-corrected chi connectivity index (χ3v) is 5.76. The summed E-state index contributed by atoms with van der Waals surface area (Å²) in [4.78, 5) is 17.4. The molecule has 0 radical (unpaired) electrons. The van der Waals surface area contributed by atoms with Crippen LogP contribution in [0.5, 0.6) is 0 Å². The summed E-state index contributed by atoms with van der Waals surface area (Å²) in [6.45, 7) is 3.70. The summed E-state index contributed by atoms with van der Waals surface area (Å²) in [5.74, 6) is 0.912. The van der Waals surface area contributed by atoms with Crippen molar-refractivity contribution in [2.24, 2.45) is 0 Å². The highest BCUT2D eigenvalue weighted by Crippen LogP contribution is 2.34. The van der Waals surface area contributed by atoms with E-state index in [0.29, 0.717) is 24.7 Å². The smallest absolute Gasteiger partial charge is 0.407 e. The number of nitrogens with zero attached hydrogens (tertiary/aromatic N) is 4. The highest BCUT2D eigenvalue weighted by Gasteiger charge is 2.34. The lowest BCUT2D eigenvalue weighted by Gasteiger charge is -2.17. The van der Waals surface area contributed by atoms with Crippen molar-refractivity contribution in [3.05, 3.63) is 36.4 Å². The van der Waals surface area contributed by atoms with Crippen molar-refractivity contribution in [3.63, 3.8) is 0 Å². The van der Waals surface area contributed by atoms with Crippen molar-refractivity contribution in [2.75, 3.05) is 6.54 Å². The maximum Gasteiger partial charge on any atom is 0.407 e. The van der Waals surface area contributed by atoms with E-state index in [1.807, 2.05) is 12.1 Å². The largest absolute Gasteiger partial charge is 0.465 e. The molecule has 1 aliphatic heterocycles. The first-order valence-electron chi connectivity index (χ1n) is 10.6. The first-order chi connectivity index (χ1) is 14.2. The fourth-order valence-electron chi connectivity index (χ4n) is 4.23. The topological polar surface area (TPSA) is 84.4 Å². The van der Waals surface area contributed by atoms with Gasteiger partial charge in [0.05, 0.1) is 0 Å². The number of rotatable bonds is 8. The molecule has 7 nitrogen and oxygen atoms in total. The fourth-order valence-corrected chi connectivity index (χ4v) is 4.23. The van der Waals surface area contributed by atoms with Crippen LogP contribution in [0.1, 0.15) is 63.8 Å². The molecule has 0 bridgehead atoms. The van der Waals surface area contributed by atoms with Crippen molar-refractivity contribution >= 4 is 17.0 Å². The summed E-state index contributed by atoms with van der Waals surface area (Å²) in [5, 5.41) is 14.7. The van der Waals surface area contributed by atoms with E-state index < -0.39 is 6.09 Å². The van der Waals surface area contributed by atoms with Gasteiger partial charge in [0.25, 0.3) is 0 Å². The van der Waals surface area contributed by atoms with E-state index in [-0.39, 0.29) is 6.04 Å². The second-order valence-corrected chi connectivity index (χ2v) is 7.76. The molecular formula is C22H28N4O3. The molecule has 7 heteroatoms. The molecule has 3 aromatic rings. The molecule has 1 aliphatic rings. The summed E-state index contributed by atoms with van der Waals surface area (Å²) >= 11 is 0. The molecule has 1 saturated heterocycles. The Balaban J connectivity index is 1.58. The highest BCUT2D eigenvalue weighted by molar-refractivity contribution is 5.94. The van der Waals surface area contributed by atoms with E-state index in [4.69, 9.17) is 4.52 Å². The Kier molecular flexibility index (Phi) is 5.83. The lowest BCUT2D eigenvalue weighted by atomic mass is 10.1. The molecule has 4 rings (SSSR count). The van der Waals surface area contributed by atoms with E-state index in [9.17, 15) is 9.90 Å². The number of para-hydroxylation sites is 1. The zero-order valence-electron chi connectivity index (χ0n) is 16.9. The fraction of sp³-hybridized carbons (Fsp3) is 0.500. The number of unbranched alkanes of at least 4 members (excludes halogenated alkanes) is 4. The van der Waals surface area contributed by atoms with Crippen LogP contribution in [0.15, 0.2) is 35.0 Å². The van der Waals surface area contributed by atoms with Gasteiger partial charge in [-0.1, -0.05) is 56.0 Å². The van der Waals surface area contributed by atoms with Crippen LogP contribution in [0.4, 0.5) is 4.79 Å². The standard InChI is InChI=1S/C22H28N4O3/c1-2-3-4-5-8-13-25-15-17(16-10-6-7-11-18(16)25)20-23-21(29-24-20)19-12-9-14-26(19)22(27)28/h6-7,10-11,15,19H,2-5,8-9,12-14H2,1H3,(H,27,28). The molecule has 2 aromatic heterocycles. The van der Waals surface area contributed by atoms with Crippen LogP contribution in [0.2, 0.25) is 0 Å². The molecule has 154 valence electrons. The molecule has 0 spiro atoms. The van der Waals surface area contributed by atoms with Crippen molar-refractivity contribution in [3.8, 4) is 11.4 Å². The number of aryl methyl sites for hydroxylation is 1. The van der Waals surface area contributed by atoms with Gasteiger partial charge in [-0.3, -0.25) is 4.90 Å². The van der Waals surface area contributed by atoms with E-state index in [2.05, 4.69) is 40.0 Å². The van der Waals surface area contributed by atoms with Crippen molar-refractivity contribution in [1.29, 1.82) is 0 Å². The monoisotopic (exact) mass is 396 g/mol. The number of amides is 1. The summed E-state index contributed by atoms with van der Waals surface area (Å²) in [7, 11) is 0. The normalized spacial score (nSPS) is 16.7. The maximum atomic E-state index is 11.4. The quantitative estimate of drug-likeness (QED) is 0.510. The lowest BCUT2D eigenvalue weighted by molar-refractivity contribution is 0.131. The Hall–Kier alpha value is -2.83. The van der Waals surface area contributed by atoms with Gasteiger partial charge < -0.3 is 14.2 Å². The molecule has 1 aromatic carbocycles. The van der Waals surface area contributed by atoms with Crippen molar-refractivity contribution < 1.29 is 14.4 Å². The number of hydrogen-bond acceptors (Lipinski definition) is 4. The maximum absolute atomic E-state index is 11.4. The third-order valence-electron chi connectivity index (χ3n) is 5.76. The number of carbonyl (C=O) groups is 1. The molecular weight excluding hydrogens is 368 g/mol. The SMILES string of the molecule is CCCCCCCn1cc(-c2noc(C3CCCN3C(=O)O)n2)c2ccccc21. The Morgan fingerprint density at radius 2 is 2.07 bits per heavy atom. The number of hydrogen-bond donors (Lipinski definition) is 1. The second-order valence-electron chi connectivity index (χ2n) is 7.76. The minimum Gasteiger partial charge on any atom is -0.465 e. The molecule has 0 aliphatic carbocycles. The number of likely N-dealkylation sites (tertiary alicyclic amines) is 1. The number of fused-ring (bicyclic) bond motifs is 1. The Bertz CT molecular complexity index is 978. The summed E-state index contributed by atoms with van der Waals surface area (Å²) in [6.07, 6.45) is 8.88. The van der Waals surface area contributed by atoms with E-state index in [1.54, 1.807) is 0 Å². The Morgan fingerprint density at radius 3 is 2.90 bits per heavy atom. The van der Waals surface area contributed by atoms with E-state index >= 15 is 0 Å². The van der Waals surface area contributed by atoms with E-state index in [1.165, 1.54) is 30.6 Å². The minimum absolute atomic E-state index is 0.347. The number of benzene rings is 1. The molecule has 29 heavy (non-hydrogen) atoms. The summed E-state index contributed by atoms with van der Waals surface area (Å²) in [6, 6.07) is 7.91. The average molecular weight is 396 g/mol. The first-order valence-corrected chi connectivity index (χ1v) is 10.6.